The number of carbonyl (C=O) groups excluding carboxylic acids is 1. The van der Waals surface area contributed by atoms with E-state index in [4.69, 9.17) is 24.2 Å². The van der Waals surface area contributed by atoms with Gasteiger partial charge >= 0.3 is 5.97 Å². The number of fused-ring (bicyclic) bond motifs is 1. The van der Waals surface area contributed by atoms with E-state index in [-0.39, 0.29) is 11.9 Å². The molecule has 0 saturated carbocycles. The third-order valence-electron chi connectivity index (χ3n) is 7.93. The number of nitrogens with one attached hydrogen (secondary N) is 1. The van der Waals surface area contributed by atoms with Crippen LogP contribution in [0.1, 0.15) is 83.9 Å². The molecule has 1 N–H and O–H groups in total. The van der Waals surface area contributed by atoms with Gasteiger partial charge in [0.1, 0.15) is 11.6 Å². The van der Waals surface area contributed by atoms with Gasteiger partial charge in [-0.3, -0.25) is 4.79 Å². The fourth-order valence-corrected chi connectivity index (χ4v) is 6.66. The van der Waals surface area contributed by atoms with Crippen LogP contribution in [0.25, 0.3) is 0 Å². The van der Waals surface area contributed by atoms with Gasteiger partial charge in [-0.2, -0.15) is 0 Å². The lowest BCUT2D eigenvalue weighted by molar-refractivity contribution is -0.143. The highest BCUT2D eigenvalue weighted by atomic mass is 32.1. The van der Waals surface area contributed by atoms with Gasteiger partial charge in [0.2, 0.25) is 0 Å². The minimum Gasteiger partial charge on any atom is -0.496 e. The van der Waals surface area contributed by atoms with Gasteiger partial charge in [-0.15, -0.1) is 11.3 Å². The van der Waals surface area contributed by atoms with Gasteiger partial charge < -0.3 is 19.5 Å². The number of pyridine rings is 1. The molecule has 5 rings (SSSR count). The Bertz CT molecular complexity index is 1270. The summed E-state index contributed by atoms with van der Waals surface area (Å²) in [6.45, 7) is 4.82. The van der Waals surface area contributed by atoms with Gasteiger partial charge in [-0.1, -0.05) is 18.2 Å². The van der Waals surface area contributed by atoms with Crippen LogP contribution in [0.5, 0.6) is 5.75 Å². The van der Waals surface area contributed by atoms with Gasteiger partial charge in [0.25, 0.3) is 0 Å². The summed E-state index contributed by atoms with van der Waals surface area (Å²) < 4.78 is 16.7. The number of hydrogen-bond donors (Lipinski definition) is 1. The first-order valence-electron chi connectivity index (χ1n) is 14.7. The van der Waals surface area contributed by atoms with Crippen LogP contribution in [0, 0.1) is 0 Å². The summed E-state index contributed by atoms with van der Waals surface area (Å²) in [6, 6.07) is 10.8. The lowest BCUT2D eigenvalue weighted by Crippen LogP contribution is -2.16. The Labute approximate surface area is 241 Å². The molecule has 1 fully saturated rings. The highest BCUT2D eigenvalue weighted by Crippen LogP contribution is 2.37. The number of carbonyl (C=O) groups is 1. The van der Waals surface area contributed by atoms with E-state index in [1.807, 2.05) is 6.92 Å². The topological polar surface area (TPSA) is 82.6 Å². The largest absolute Gasteiger partial charge is 0.496 e. The Morgan fingerprint density at radius 3 is 2.85 bits per heavy atom. The smallest absolute Gasteiger partial charge is 0.306 e. The minimum absolute atomic E-state index is 0.0732. The van der Waals surface area contributed by atoms with E-state index >= 15 is 0 Å². The van der Waals surface area contributed by atoms with Gasteiger partial charge in [0, 0.05) is 36.8 Å². The maximum Gasteiger partial charge on any atom is 0.306 e. The Morgan fingerprint density at radius 2 is 2.02 bits per heavy atom. The predicted octanol–water partition coefficient (Wildman–Crippen LogP) is 6.25. The minimum atomic E-state index is -0.187. The summed E-state index contributed by atoms with van der Waals surface area (Å²) in [4.78, 5) is 22.5. The molecule has 8 heteroatoms. The van der Waals surface area contributed by atoms with Crippen LogP contribution < -0.4 is 10.1 Å². The Kier molecular flexibility index (Phi) is 10.1. The Hall–Kier alpha value is -2.97. The number of anilines is 1. The molecule has 0 amide bonds. The van der Waals surface area contributed by atoms with Crippen molar-refractivity contribution in [3.8, 4) is 5.75 Å². The molecule has 2 aromatic heterocycles. The molecule has 0 bridgehead atoms. The van der Waals surface area contributed by atoms with Crippen molar-refractivity contribution in [1.82, 2.24) is 9.97 Å². The molecule has 2 aliphatic rings. The number of methoxy groups -OCH3 is 1. The van der Waals surface area contributed by atoms with E-state index < -0.39 is 0 Å². The van der Waals surface area contributed by atoms with E-state index in [0.717, 1.165) is 91.8 Å². The van der Waals surface area contributed by atoms with Crippen molar-refractivity contribution in [3.63, 3.8) is 0 Å². The molecule has 40 heavy (non-hydrogen) atoms. The first kappa shape index (κ1) is 28.6. The standard InChI is InChI=1S/C32H41N3O4S/c1-3-39-31(36)20-25(28-19-24(10-12-29(28)37-2)22-13-16-38-17-14-22)18-27-21-40-30(34-27)8-4-7-26-11-9-23-6-5-15-33-32(23)35-26/h9-12,19,21-22,25H,3-8,13-18,20H2,1-2H3,(H,33,35). The van der Waals surface area contributed by atoms with Crippen LogP contribution >= 0.6 is 11.3 Å². The molecule has 4 heterocycles. The zero-order chi connectivity index (χ0) is 27.7. The van der Waals surface area contributed by atoms with Crippen LogP contribution in [0.3, 0.4) is 0 Å². The summed E-state index contributed by atoms with van der Waals surface area (Å²) in [5, 5.41) is 6.70. The lowest BCUT2D eigenvalue weighted by atomic mass is 9.85. The second kappa shape index (κ2) is 14.1. The number of benzene rings is 1. The Morgan fingerprint density at radius 1 is 1.15 bits per heavy atom. The molecule has 1 saturated heterocycles. The fourth-order valence-electron chi connectivity index (χ4n) is 5.81. The van der Waals surface area contributed by atoms with Crippen molar-refractivity contribution in [3.05, 3.63) is 68.8 Å². The van der Waals surface area contributed by atoms with Crippen LogP contribution in [-0.4, -0.2) is 49.4 Å². The molecule has 0 spiro atoms. The van der Waals surface area contributed by atoms with Crippen molar-refractivity contribution >= 4 is 23.1 Å². The van der Waals surface area contributed by atoms with Gasteiger partial charge in [0.15, 0.2) is 0 Å². The number of hydrogen-bond acceptors (Lipinski definition) is 8. The van der Waals surface area contributed by atoms with Crippen LogP contribution in [0.4, 0.5) is 5.82 Å². The van der Waals surface area contributed by atoms with E-state index in [2.05, 4.69) is 41.0 Å². The average molecular weight is 564 g/mol. The molecule has 1 aromatic carbocycles. The zero-order valence-corrected chi connectivity index (χ0v) is 24.6. The molecule has 7 nitrogen and oxygen atoms in total. The van der Waals surface area contributed by atoms with E-state index in [1.54, 1.807) is 18.4 Å². The van der Waals surface area contributed by atoms with Crippen LogP contribution in [-0.2, 0) is 40.0 Å². The first-order chi connectivity index (χ1) is 19.6. The SMILES string of the molecule is CCOC(=O)CC(Cc1csc(CCCc2ccc3c(n2)NCCC3)n1)c1cc(C2CCOCC2)ccc1OC. The van der Waals surface area contributed by atoms with Gasteiger partial charge in [-0.25, -0.2) is 9.97 Å². The predicted molar refractivity (Wildman–Crippen MR) is 159 cm³/mol. The molecule has 0 aliphatic carbocycles. The number of ether oxygens (including phenoxy) is 3. The zero-order valence-electron chi connectivity index (χ0n) is 23.7. The molecule has 214 valence electrons. The van der Waals surface area contributed by atoms with Crippen molar-refractivity contribution in [2.45, 2.75) is 76.5 Å². The number of thiazole rings is 1. The molecule has 2 aliphatic heterocycles. The normalized spacial score (nSPS) is 16.1. The first-order valence-corrected chi connectivity index (χ1v) is 15.6. The van der Waals surface area contributed by atoms with Crippen LogP contribution in [0.2, 0.25) is 0 Å². The van der Waals surface area contributed by atoms with E-state index in [0.29, 0.717) is 25.4 Å². The molecular weight excluding hydrogens is 522 g/mol. The molecule has 1 atom stereocenters. The average Bonchev–Trinajstić information content (AvgIpc) is 3.44. The summed E-state index contributed by atoms with van der Waals surface area (Å²) >= 11 is 1.70. The summed E-state index contributed by atoms with van der Waals surface area (Å²) in [7, 11) is 1.70. The van der Waals surface area contributed by atoms with E-state index in [1.165, 1.54) is 17.5 Å². The number of aromatic nitrogens is 2. The highest BCUT2D eigenvalue weighted by Gasteiger charge is 2.25. The quantitative estimate of drug-likeness (QED) is 0.261. The van der Waals surface area contributed by atoms with E-state index in [9.17, 15) is 4.79 Å². The van der Waals surface area contributed by atoms with Crippen molar-refractivity contribution < 1.29 is 19.0 Å². The third kappa shape index (κ3) is 7.40. The molecule has 0 radical (unpaired) electrons. The maximum absolute atomic E-state index is 12.7. The van der Waals surface area contributed by atoms with Gasteiger partial charge in [0.05, 0.1) is 30.8 Å². The second-order valence-corrected chi connectivity index (χ2v) is 11.7. The summed E-state index contributed by atoms with van der Waals surface area (Å²) in [5.74, 6) is 2.08. The van der Waals surface area contributed by atoms with Crippen molar-refractivity contribution in [2.24, 2.45) is 0 Å². The number of esters is 1. The molecule has 1 unspecified atom stereocenters. The molecular formula is C32H41N3O4S. The third-order valence-corrected chi connectivity index (χ3v) is 8.89. The van der Waals surface area contributed by atoms with Gasteiger partial charge in [-0.05, 0) is 93.0 Å². The number of aryl methyl sites for hydroxylation is 3. The summed E-state index contributed by atoms with van der Waals surface area (Å²) in [5.41, 5.74) is 5.82. The maximum atomic E-state index is 12.7. The molecule has 3 aromatic rings. The highest BCUT2D eigenvalue weighted by molar-refractivity contribution is 7.09. The summed E-state index contributed by atoms with van der Waals surface area (Å²) in [6.07, 6.45) is 8.14. The second-order valence-electron chi connectivity index (χ2n) is 10.7. The van der Waals surface area contributed by atoms with Crippen molar-refractivity contribution in [2.75, 3.05) is 38.8 Å². The lowest BCUT2D eigenvalue weighted by Gasteiger charge is -2.25. The van der Waals surface area contributed by atoms with Crippen LogP contribution in [0.15, 0.2) is 35.7 Å². The fraction of sp³-hybridized carbons (Fsp3) is 0.531. The number of rotatable bonds is 12. The number of nitrogens with zero attached hydrogens (tertiary/aromatic N) is 2. The Balaban J connectivity index is 1.27. The monoisotopic (exact) mass is 563 g/mol. The van der Waals surface area contributed by atoms with Crippen molar-refractivity contribution in [1.29, 1.82) is 0 Å².